The number of carbonyl (C=O) groups is 1. The van der Waals surface area contributed by atoms with Gasteiger partial charge in [0.15, 0.2) is 5.78 Å². The van der Waals surface area contributed by atoms with Gasteiger partial charge < -0.3 is 0 Å². The number of carbonyl (C=O) groups excluding carboxylic acids is 1. The molecule has 0 saturated carbocycles. The van der Waals surface area contributed by atoms with Gasteiger partial charge in [-0.05, 0) is 41.6 Å². The number of nitrogens with zero attached hydrogens (tertiary/aromatic N) is 1. The summed E-state index contributed by atoms with van der Waals surface area (Å²) in [4.78, 5) is 16.2. The molecule has 0 aliphatic rings. The molecule has 16 heavy (non-hydrogen) atoms. The minimum absolute atomic E-state index is 0.127. The standard InChI is InChI=1S/C12H10INOS/c1-8-14-11(7-16-8)6-12(15)9-2-4-10(13)5-3-9/h2-5,7H,6H2,1H3. The molecule has 1 heterocycles. The second-order valence-electron chi connectivity index (χ2n) is 3.46. The molecule has 0 aliphatic heterocycles. The SMILES string of the molecule is Cc1nc(CC(=O)c2ccc(I)cc2)cs1. The van der Waals surface area contributed by atoms with Gasteiger partial charge in [-0.3, -0.25) is 4.79 Å². The smallest absolute Gasteiger partial charge is 0.168 e. The van der Waals surface area contributed by atoms with Crippen molar-refractivity contribution in [3.05, 3.63) is 49.5 Å². The van der Waals surface area contributed by atoms with Crippen LogP contribution in [0.2, 0.25) is 0 Å². The second-order valence-corrected chi connectivity index (χ2v) is 5.77. The van der Waals surface area contributed by atoms with Crippen molar-refractivity contribution in [3.8, 4) is 0 Å². The first-order valence-corrected chi connectivity index (χ1v) is 6.81. The lowest BCUT2D eigenvalue weighted by molar-refractivity contribution is 0.0992. The molecule has 0 atom stereocenters. The molecule has 2 nitrogen and oxygen atoms in total. The van der Waals surface area contributed by atoms with Crippen LogP contribution in [0.5, 0.6) is 0 Å². The number of hydrogen-bond donors (Lipinski definition) is 0. The van der Waals surface area contributed by atoms with E-state index in [4.69, 9.17) is 0 Å². The zero-order chi connectivity index (χ0) is 11.5. The van der Waals surface area contributed by atoms with E-state index in [1.54, 1.807) is 11.3 Å². The fourth-order valence-electron chi connectivity index (χ4n) is 1.39. The van der Waals surface area contributed by atoms with Crippen molar-refractivity contribution in [1.29, 1.82) is 0 Å². The van der Waals surface area contributed by atoms with Gasteiger partial charge in [0.25, 0.3) is 0 Å². The maximum atomic E-state index is 11.9. The van der Waals surface area contributed by atoms with Crippen molar-refractivity contribution in [3.63, 3.8) is 0 Å². The molecule has 0 spiro atoms. The Balaban J connectivity index is 2.11. The van der Waals surface area contributed by atoms with E-state index in [9.17, 15) is 4.79 Å². The molecule has 82 valence electrons. The first kappa shape index (κ1) is 11.7. The lowest BCUT2D eigenvalue weighted by atomic mass is 10.1. The molecule has 0 amide bonds. The van der Waals surface area contributed by atoms with Gasteiger partial charge in [0.2, 0.25) is 0 Å². The third-order valence-electron chi connectivity index (χ3n) is 2.17. The predicted molar refractivity (Wildman–Crippen MR) is 74.0 cm³/mol. The quantitative estimate of drug-likeness (QED) is 0.631. The molecular weight excluding hydrogens is 333 g/mol. The first-order valence-electron chi connectivity index (χ1n) is 4.85. The number of aryl methyl sites for hydroxylation is 1. The maximum Gasteiger partial charge on any atom is 0.168 e. The molecule has 1 aromatic heterocycles. The number of aromatic nitrogens is 1. The lowest BCUT2D eigenvalue weighted by Crippen LogP contribution is -2.03. The molecule has 0 fully saturated rings. The lowest BCUT2D eigenvalue weighted by Gasteiger charge is -1.98. The summed E-state index contributed by atoms with van der Waals surface area (Å²) in [6, 6.07) is 7.62. The average Bonchev–Trinajstić information content (AvgIpc) is 2.65. The Hall–Kier alpha value is -0.750. The number of thiazole rings is 1. The number of Topliss-reactive ketones (excluding diaryl/α,β-unsaturated/α-hetero) is 1. The minimum atomic E-state index is 0.127. The third kappa shape index (κ3) is 2.89. The van der Waals surface area contributed by atoms with Gasteiger partial charge in [0.1, 0.15) is 0 Å². The van der Waals surface area contributed by atoms with Crippen LogP contribution in [-0.4, -0.2) is 10.8 Å². The highest BCUT2D eigenvalue weighted by molar-refractivity contribution is 14.1. The highest BCUT2D eigenvalue weighted by atomic mass is 127. The van der Waals surface area contributed by atoms with Crippen LogP contribution in [0, 0.1) is 10.5 Å². The van der Waals surface area contributed by atoms with E-state index in [1.165, 1.54) is 0 Å². The van der Waals surface area contributed by atoms with Crippen LogP contribution in [0.15, 0.2) is 29.6 Å². The van der Waals surface area contributed by atoms with E-state index in [0.717, 1.165) is 19.8 Å². The molecule has 0 N–H and O–H groups in total. The zero-order valence-electron chi connectivity index (χ0n) is 8.74. The molecule has 2 rings (SSSR count). The number of benzene rings is 1. The fraction of sp³-hybridized carbons (Fsp3) is 0.167. The summed E-state index contributed by atoms with van der Waals surface area (Å²) in [7, 11) is 0. The molecule has 4 heteroatoms. The summed E-state index contributed by atoms with van der Waals surface area (Å²) in [5.74, 6) is 0.127. The van der Waals surface area contributed by atoms with E-state index in [0.29, 0.717) is 6.42 Å². The summed E-state index contributed by atoms with van der Waals surface area (Å²) >= 11 is 3.80. The van der Waals surface area contributed by atoms with Crippen molar-refractivity contribution in [1.82, 2.24) is 4.98 Å². The molecule has 0 saturated heterocycles. The van der Waals surface area contributed by atoms with Crippen molar-refractivity contribution in [2.75, 3.05) is 0 Å². The molecular formula is C12H10INOS. The Morgan fingerprint density at radius 2 is 2.06 bits per heavy atom. The normalized spacial score (nSPS) is 10.4. The van der Waals surface area contributed by atoms with Crippen LogP contribution in [0.4, 0.5) is 0 Å². The minimum Gasteiger partial charge on any atom is -0.294 e. The Morgan fingerprint density at radius 3 is 2.62 bits per heavy atom. The van der Waals surface area contributed by atoms with Gasteiger partial charge >= 0.3 is 0 Å². The molecule has 1 aromatic carbocycles. The van der Waals surface area contributed by atoms with Crippen molar-refractivity contribution < 1.29 is 4.79 Å². The van der Waals surface area contributed by atoms with E-state index < -0.39 is 0 Å². The van der Waals surface area contributed by atoms with Gasteiger partial charge in [-0.1, -0.05) is 12.1 Å². The summed E-state index contributed by atoms with van der Waals surface area (Å²) in [5, 5.41) is 2.95. The molecule has 0 bridgehead atoms. The van der Waals surface area contributed by atoms with E-state index in [1.807, 2.05) is 36.6 Å². The second kappa shape index (κ2) is 5.05. The van der Waals surface area contributed by atoms with Gasteiger partial charge in [-0.15, -0.1) is 11.3 Å². The number of hydrogen-bond acceptors (Lipinski definition) is 3. The van der Waals surface area contributed by atoms with Crippen LogP contribution >= 0.6 is 33.9 Å². The van der Waals surface area contributed by atoms with Gasteiger partial charge in [-0.2, -0.15) is 0 Å². The molecule has 0 unspecified atom stereocenters. The number of rotatable bonds is 3. The summed E-state index contributed by atoms with van der Waals surface area (Å²) < 4.78 is 1.14. The summed E-state index contributed by atoms with van der Waals surface area (Å²) in [6.45, 7) is 1.95. The van der Waals surface area contributed by atoms with Crippen molar-refractivity contribution in [2.45, 2.75) is 13.3 Å². The molecule has 2 aromatic rings. The Labute approximate surface area is 112 Å². The topological polar surface area (TPSA) is 30.0 Å². The van der Waals surface area contributed by atoms with Crippen LogP contribution in [0.3, 0.4) is 0 Å². The van der Waals surface area contributed by atoms with E-state index >= 15 is 0 Å². The predicted octanol–water partition coefficient (Wildman–Crippen LogP) is 3.48. The third-order valence-corrected chi connectivity index (χ3v) is 3.72. The van der Waals surface area contributed by atoms with Gasteiger partial charge in [0, 0.05) is 14.5 Å². The molecule has 0 radical (unpaired) electrons. The largest absolute Gasteiger partial charge is 0.294 e. The maximum absolute atomic E-state index is 11.9. The molecule has 0 aliphatic carbocycles. The average molecular weight is 343 g/mol. The highest BCUT2D eigenvalue weighted by Gasteiger charge is 2.08. The van der Waals surface area contributed by atoms with Crippen LogP contribution in [0.1, 0.15) is 21.1 Å². The Bertz CT molecular complexity index is 504. The van der Waals surface area contributed by atoms with E-state index in [-0.39, 0.29) is 5.78 Å². The Morgan fingerprint density at radius 1 is 1.38 bits per heavy atom. The zero-order valence-corrected chi connectivity index (χ0v) is 11.7. The van der Waals surface area contributed by atoms with Crippen LogP contribution in [-0.2, 0) is 6.42 Å². The van der Waals surface area contributed by atoms with E-state index in [2.05, 4.69) is 27.6 Å². The van der Waals surface area contributed by atoms with Crippen molar-refractivity contribution >= 4 is 39.7 Å². The van der Waals surface area contributed by atoms with Gasteiger partial charge in [-0.25, -0.2) is 4.98 Å². The monoisotopic (exact) mass is 343 g/mol. The number of halogens is 1. The Kier molecular flexibility index (Phi) is 3.70. The fourth-order valence-corrected chi connectivity index (χ4v) is 2.36. The van der Waals surface area contributed by atoms with Crippen LogP contribution in [0.25, 0.3) is 0 Å². The first-order chi connectivity index (χ1) is 7.65. The summed E-state index contributed by atoms with van der Waals surface area (Å²) in [6.07, 6.45) is 0.394. The van der Waals surface area contributed by atoms with Gasteiger partial charge in [0.05, 0.1) is 17.1 Å². The highest BCUT2D eigenvalue weighted by Crippen LogP contribution is 2.12. The van der Waals surface area contributed by atoms with Crippen molar-refractivity contribution in [2.24, 2.45) is 0 Å². The summed E-state index contributed by atoms with van der Waals surface area (Å²) in [5.41, 5.74) is 1.62. The number of ketones is 1. The van der Waals surface area contributed by atoms with Crippen LogP contribution < -0.4 is 0 Å².